The summed E-state index contributed by atoms with van der Waals surface area (Å²) in [6.45, 7) is 13.4. The van der Waals surface area contributed by atoms with Gasteiger partial charge in [0.25, 0.3) is 0 Å². The number of aromatic nitrogens is 3. The molecule has 2 unspecified atom stereocenters. The van der Waals surface area contributed by atoms with Crippen molar-refractivity contribution in [2.45, 2.75) is 85.0 Å². The van der Waals surface area contributed by atoms with E-state index in [1.807, 2.05) is 37.5 Å². The van der Waals surface area contributed by atoms with E-state index in [1.54, 1.807) is 17.4 Å². The Kier molecular flexibility index (Phi) is 9.30. The minimum atomic E-state index is -0.336. The summed E-state index contributed by atoms with van der Waals surface area (Å²) in [6, 6.07) is 7.86. The Labute approximate surface area is 244 Å². The molecule has 0 radical (unpaired) electrons. The third-order valence-electron chi connectivity index (χ3n) is 7.84. The molecule has 0 fully saturated rings. The normalized spacial score (nSPS) is 15.9. The number of halogens is 1. The zero-order valence-electron chi connectivity index (χ0n) is 23.4. The molecule has 1 N–H and O–H groups in total. The van der Waals surface area contributed by atoms with Gasteiger partial charge in [0, 0.05) is 16.4 Å². The molecule has 0 bridgehead atoms. The summed E-state index contributed by atoms with van der Waals surface area (Å²) in [5, 5.41) is 23.6. The highest BCUT2D eigenvalue weighted by Gasteiger charge is 2.34. The summed E-state index contributed by atoms with van der Waals surface area (Å²) < 4.78 is 8.11. The number of hydrogen-bond acceptors (Lipinski definition) is 7. The molecule has 3 aromatic rings. The van der Waals surface area contributed by atoms with Crippen LogP contribution in [0, 0.1) is 29.6 Å². The van der Waals surface area contributed by atoms with E-state index in [2.05, 4.69) is 42.4 Å². The zero-order valence-corrected chi connectivity index (χ0v) is 25.8. The standard InChI is InChI=1S/C29H36ClN5O2S2/c1-7-29(5,6)19-9-11-21-22(15-31)27(39-24(21)14-19)32-25(36)16-38-28-34-33-26(35(28)8-2)18(4)37-23-12-10-20(30)13-17(23)3/h10,12-13,18-19H,7-9,11,14,16H2,1-6H3,(H,32,36). The van der Waals surface area contributed by atoms with E-state index in [0.29, 0.717) is 39.0 Å². The Morgan fingerprint density at radius 1 is 1.38 bits per heavy atom. The predicted molar refractivity (Wildman–Crippen MR) is 159 cm³/mol. The molecule has 2 aromatic heterocycles. The summed E-state index contributed by atoms with van der Waals surface area (Å²) >= 11 is 8.96. The van der Waals surface area contributed by atoms with Gasteiger partial charge in [-0.2, -0.15) is 5.26 Å². The van der Waals surface area contributed by atoms with Crippen molar-refractivity contribution in [1.82, 2.24) is 14.8 Å². The number of fused-ring (bicyclic) bond motifs is 1. The van der Waals surface area contributed by atoms with Crippen molar-refractivity contribution in [3.8, 4) is 11.8 Å². The quantitative estimate of drug-likeness (QED) is 0.246. The Morgan fingerprint density at radius 2 is 2.15 bits per heavy atom. The number of hydrogen-bond donors (Lipinski definition) is 1. The van der Waals surface area contributed by atoms with E-state index in [-0.39, 0.29) is 23.2 Å². The topological polar surface area (TPSA) is 92.8 Å². The van der Waals surface area contributed by atoms with Crippen LogP contribution >= 0.6 is 34.7 Å². The molecule has 0 spiro atoms. The number of rotatable bonds is 10. The van der Waals surface area contributed by atoms with Crippen molar-refractivity contribution >= 4 is 45.6 Å². The SMILES string of the molecule is CCn1c(SCC(=O)Nc2sc3c(c2C#N)CCC(C(C)(C)CC)C3)nnc1C(C)Oc1ccc(Cl)cc1C. The molecule has 7 nitrogen and oxygen atoms in total. The van der Waals surface area contributed by atoms with E-state index in [9.17, 15) is 10.1 Å². The molecule has 2 heterocycles. The first-order valence-electron chi connectivity index (χ1n) is 13.4. The van der Waals surface area contributed by atoms with Crippen LogP contribution in [0.1, 0.15) is 81.0 Å². The molecule has 10 heteroatoms. The number of carbonyl (C=O) groups excluding carboxylic acids is 1. The molecule has 1 aromatic carbocycles. The van der Waals surface area contributed by atoms with Gasteiger partial charge in [-0.1, -0.05) is 50.6 Å². The molecule has 1 aliphatic carbocycles. The van der Waals surface area contributed by atoms with E-state index in [0.717, 1.165) is 42.6 Å². The molecule has 208 valence electrons. The first kappa shape index (κ1) is 29.4. The third-order valence-corrected chi connectivity index (χ3v) is 10.2. The molecular formula is C29H36ClN5O2S2. The molecule has 39 heavy (non-hydrogen) atoms. The lowest BCUT2D eigenvalue weighted by atomic mass is 9.69. The van der Waals surface area contributed by atoms with E-state index in [1.165, 1.54) is 16.6 Å². The van der Waals surface area contributed by atoms with Gasteiger partial charge < -0.3 is 14.6 Å². The van der Waals surface area contributed by atoms with Gasteiger partial charge >= 0.3 is 0 Å². The number of ether oxygens (including phenoxy) is 1. The van der Waals surface area contributed by atoms with Crippen LogP contribution < -0.4 is 10.1 Å². The van der Waals surface area contributed by atoms with Gasteiger partial charge in [-0.25, -0.2) is 0 Å². The number of benzene rings is 1. The first-order chi connectivity index (χ1) is 18.6. The number of aryl methyl sites for hydroxylation is 1. The van der Waals surface area contributed by atoms with Gasteiger partial charge in [-0.05, 0) is 80.7 Å². The highest BCUT2D eigenvalue weighted by Crippen LogP contribution is 2.45. The van der Waals surface area contributed by atoms with Crippen LogP contribution in [0.25, 0.3) is 0 Å². The molecule has 1 aliphatic rings. The van der Waals surface area contributed by atoms with Crippen LogP contribution in [0.4, 0.5) is 5.00 Å². The molecule has 0 aliphatic heterocycles. The Balaban J connectivity index is 1.41. The lowest BCUT2D eigenvalue weighted by Crippen LogP contribution is -2.28. The van der Waals surface area contributed by atoms with Crippen molar-refractivity contribution in [1.29, 1.82) is 5.26 Å². The largest absolute Gasteiger partial charge is 0.482 e. The van der Waals surface area contributed by atoms with Crippen LogP contribution in [0.3, 0.4) is 0 Å². The van der Waals surface area contributed by atoms with Gasteiger partial charge in [0.2, 0.25) is 5.91 Å². The van der Waals surface area contributed by atoms with Crippen LogP contribution in [-0.2, 0) is 24.2 Å². The van der Waals surface area contributed by atoms with Crippen molar-refractivity contribution in [2.75, 3.05) is 11.1 Å². The van der Waals surface area contributed by atoms with Crippen molar-refractivity contribution in [3.63, 3.8) is 0 Å². The first-order valence-corrected chi connectivity index (χ1v) is 15.6. The van der Waals surface area contributed by atoms with Crippen LogP contribution in [0.15, 0.2) is 23.4 Å². The second-order valence-electron chi connectivity index (χ2n) is 10.7. The minimum absolute atomic E-state index is 0.158. The summed E-state index contributed by atoms with van der Waals surface area (Å²) in [6.07, 6.45) is 3.74. The van der Waals surface area contributed by atoms with Crippen LogP contribution in [0.2, 0.25) is 5.02 Å². The summed E-state index contributed by atoms with van der Waals surface area (Å²) in [4.78, 5) is 14.2. The van der Waals surface area contributed by atoms with Crippen molar-refractivity contribution in [2.24, 2.45) is 11.3 Å². The number of thioether (sulfide) groups is 1. The number of nitrogens with zero attached hydrogens (tertiary/aromatic N) is 4. The third kappa shape index (κ3) is 6.45. The number of nitriles is 1. The van der Waals surface area contributed by atoms with E-state index < -0.39 is 0 Å². The Morgan fingerprint density at radius 3 is 2.82 bits per heavy atom. The number of carbonyl (C=O) groups is 1. The number of thiophene rings is 1. The highest BCUT2D eigenvalue weighted by molar-refractivity contribution is 7.99. The zero-order chi connectivity index (χ0) is 28.3. The van der Waals surface area contributed by atoms with Gasteiger partial charge in [0.15, 0.2) is 17.1 Å². The van der Waals surface area contributed by atoms with E-state index in [4.69, 9.17) is 16.3 Å². The molecule has 0 saturated carbocycles. The molecule has 0 saturated heterocycles. The average molecular weight is 586 g/mol. The summed E-state index contributed by atoms with van der Waals surface area (Å²) in [5.41, 5.74) is 2.95. The minimum Gasteiger partial charge on any atom is -0.482 e. The smallest absolute Gasteiger partial charge is 0.235 e. The molecule has 2 atom stereocenters. The fraction of sp³-hybridized carbons (Fsp3) is 0.517. The summed E-state index contributed by atoms with van der Waals surface area (Å²) in [5.74, 6) is 2.03. The fourth-order valence-electron chi connectivity index (χ4n) is 5.03. The molecular weight excluding hydrogens is 550 g/mol. The Hall–Kier alpha value is -2.54. The van der Waals surface area contributed by atoms with Crippen LogP contribution in [0.5, 0.6) is 5.75 Å². The fourth-order valence-corrected chi connectivity index (χ4v) is 7.36. The average Bonchev–Trinajstić information content (AvgIpc) is 3.48. The van der Waals surface area contributed by atoms with Gasteiger partial charge in [0.1, 0.15) is 16.8 Å². The monoisotopic (exact) mass is 585 g/mol. The van der Waals surface area contributed by atoms with Gasteiger partial charge in [-0.3, -0.25) is 4.79 Å². The second kappa shape index (κ2) is 12.3. The van der Waals surface area contributed by atoms with Crippen molar-refractivity contribution in [3.05, 3.63) is 50.6 Å². The molecule has 1 amide bonds. The highest BCUT2D eigenvalue weighted by atomic mass is 35.5. The van der Waals surface area contributed by atoms with Gasteiger partial charge in [0.05, 0.1) is 11.3 Å². The maximum absolute atomic E-state index is 13.0. The Bertz CT molecular complexity index is 1390. The predicted octanol–water partition coefficient (Wildman–Crippen LogP) is 7.60. The number of amides is 1. The van der Waals surface area contributed by atoms with E-state index >= 15 is 0 Å². The number of anilines is 1. The maximum atomic E-state index is 13.0. The lowest BCUT2D eigenvalue weighted by molar-refractivity contribution is -0.113. The molecule has 4 rings (SSSR count). The van der Waals surface area contributed by atoms with Crippen molar-refractivity contribution < 1.29 is 9.53 Å². The summed E-state index contributed by atoms with van der Waals surface area (Å²) in [7, 11) is 0. The maximum Gasteiger partial charge on any atom is 0.235 e. The van der Waals surface area contributed by atoms with Gasteiger partial charge in [-0.15, -0.1) is 21.5 Å². The van der Waals surface area contributed by atoms with Crippen LogP contribution in [-0.4, -0.2) is 26.4 Å². The lowest BCUT2D eigenvalue weighted by Gasteiger charge is -2.36. The second-order valence-corrected chi connectivity index (χ2v) is 13.2. The number of nitrogens with one attached hydrogen (secondary N) is 1.